The van der Waals surface area contributed by atoms with Crippen LogP contribution in [0.5, 0.6) is 0 Å². The van der Waals surface area contributed by atoms with Crippen LogP contribution >= 0.6 is 0 Å². The Kier molecular flexibility index (Phi) is 3.05. The molecule has 1 aliphatic heterocycles. The molecule has 0 aliphatic carbocycles. The fourth-order valence-electron chi connectivity index (χ4n) is 1.44. The third-order valence-electron chi connectivity index (χ3n) is 2.23. The van der Waals surface area contributed by atoms with Crippen molar-refractivity contribution >= 4 is 0 Å². The van der Waals surface area contributed by atoms with Gasteiger partial charge in [0.25, 0.3) is 0 Å². The van der Waals surface area contributed by atoms with Crippen LogP contribution in [0.15, 0.2) is 0 Å². The summed E-state index contributed by atoms with van der Waals surface area (Å²) in [6.45, 7) is 4.80. The van der Waals surface area contributed by atoms with Gasteiger partial charge in [0, 0.05) is 0 Å². The lowest BCUT2D eigenvalue weighted by molar-refractivity contribution is 0.466. The van der Waals surface area contributed by atoms with Crippen LogP contribution in [0.25, 0.3) is 0 Å². The van der Waals surface area contributed by atoms with Gasteiger partial charge in [0.2, 0.25) is 0 Å². The van der Waals surface area contributed by atoms with Crippen molar-refractivity contribution in [2.45, 2.75) is 32.6 Å². The molecule has 0 bridgehead atoms. The second-order valence-electron chi connectivity index (χ2n) is 2.97. The second-order valence-corrected chi connectivity index (χ2v) is 2.97. The van der Waals surface area contributed by atoms with Gasteiger partial charge >= 0.3 is 0 Å². The average Bonchev–Trinajstić information content (AvgIpc) is 2.13. The average molecular weight is 127 g/mol. The third-order valence-corrected chi connectivity index (χ3v) is 2.23. The summed E-state index contributed by atoms with van der Waals surface area (Å²) in [6.07, 6.45) is 5.62. The Morgan fingerprint density at radius 3 is 3.11 bits per heavy atom. The van der Waals surface area contributed by atoms with Crippen molar-refractivity contribution in [3.05, 3.63) is 0 Å². The number of hydrogen-bond donors (Lipinski definition) is 1. The second kappa shape index (κ2) is 3.89. The van der Waals surface area contributed by atoms with Crippen molar-refractivity contribution in [1.29, 1.82) is 0 Å². The monoisotopic (exact) mass is 127 g/mol. The van der Waals surface area contributed by atoms with Gasteiger partial charge in [0.15, 0.2) is 0 Å². The van der Waals surface area contributed by atoms with Crippen molar-refractivity contribution < 1.29 is 0 Å². The molecule has 0 aromatic carbocycles. The Morgan fingerprint density at radius 1 is 1.44 bits per heavy atom. The molecule has 0 unspecified atom stereocenters. The van der Waals surface area contributed by atoms with E-state index in [0.29, 0.717) is 0 Å². The summed E-state index contributed by atoms with van der Waals surface area (Å²) in [6, 6.07) is 0. The van der Waals surface area contributed by atoms with Crippen molar-refractivity contribution in [2.75, 3.05) is 13.1 Å². The fourth-order valence-corrected chi connectivity index (χ4v) is 1.44. The van der Waals surface area contributed by atoms with Gasteiger partial charge in [-0.05, 0) is 31.8 Å². The quantitative estimate of drug-likeness (QED) is 0.566. The minimum Gasteiger partial charge on any atom is -0.316 e. The summed E-state index contributed by atoms with van der Waals surface area (Å²) < 4.78 is 0. The van der Waals surface area contributed by atoms with Gasteiger partial charge in [-0.1, -0.05) is 19.8 Å². The van der Waals surface area contributed by atoms with E-state index in [1.807, 2.05) is 0 Å². The van der Waals surface area contributed by atoms with E-state index < -0.39 is 0 Å². The highest BCUT2D eigenvalue weighted by atomic mass is 14.9. The summed E-state index contributed by atoms with van der Waals surface area (Å²) in [5, 5.41) is 3.45. The first-order valence-corrected chi connectivity index (χ1v) is 4.14. The molecule has 1 rings (SSSR count). The molecular formula is C8H17N. The maximum Gasteiger partial charge on any atom is -0.00206 e. The van der Waals surface area contributed by atoms with Gasteiger partial charge in [-0.2, -0.15) is 0 Å². The Bertz CT molecular complexity index is 63.0. The molecule has 1 aliphatic rings. The first-order valence-electron chi connectivity index (χ1n) is 4.14. The predicted molar refractivity (Wildman–Crippen MR) is 40.5 cm³/mol. The van der Waals surface area contributed by atoms with E-state index in [2.05, 4.69) is 12.2 Å². The van der Waals surface area contributed by atoms with E-state index in [4.69, 9.17) is 0 Å². The van der Waals surface area contributed by atoms with Crippen molar-refractivity contribution in [3.8, 4) is 0 Å². The molecule has 1 heterocycles. The van der Waals surface area contributed by atoms with Crippen LogP contribution in [0.2, 0.25) is 0 Å². The highest BCUT2D eigenvalue weighted by Gasteiger charge is 2.07. The number of hydrogen-bond acceptors (Lipinski definition) is 1. The molecule has 1 N–H and O–H groups in total. The summed E-state index contributed by atoms with van der Waals surface area (Å²) in [7, 11) is 0. The largest absolute Gasteiger partial charge is 0.316 e. The first-order chi connectivity index (χ1) is 4.43. The van der Waals surface area contributed by atoms with Gasteiger partial charge in [-0.3, -0.25) is 0 Å². The van der Waals surface area contributed by atoms with Crippen molar-refractivity contribution in [2.24, 2.45) is 5.92 Å². The highest BCUT2D eigenvalue weighted by molar-refractivity contribution is 4.65. The zero-order valence-electron chi connectivity index (χ0n) is 6.32. The van der Waals surface area contributed by atoms with Gasteiger partial charge in [0.1, 0.15) is 0 Å². The number of nitrogens with one attached hydrogen (secondary N) is 1. The van der Waals surface area contributed by atoms with E-state index in [1.165, 1.54) is 38.8 Å². The highest BCUT2D eigenvalue weighted by Crippen LogP contribution is 2.13. The molecule has 1 saturated heterocycles. The minimum absolute atomic E-state index is 0.965. The molecule has 1 nitrogen and oxygen atoms in total. The van der Waals surface area contributed by atoms with Crippen LogP contribution in [-0.4, -0.2) is 13.1 Å². The van der Waals surface area contributed by atoms with Crippen LogP contribution in [0.3, 0.4) is 0 Å². The van der Waals surface area contributed by atoms with E-state index in [-0.39, 0.29) is 0 Å². The Morgan fingerprint density at radius 2 is 2.33 bits per heavy atom. The van der Waals surface area contributed by atoms with Crippen LogP contribution in [0.4, 0.5) is 0 Å². The normalized spacial score (nSPS) is 29.7. The van der Waals surface area contributed by atoms with Gasteiger partial charge in [-0.25, -0.2) is 0 Å². The summed E-state index contributed by atoms with van der Waals surface area (Å²) in [4.78, 5) is 0. The minimum atomic E-state index is 0.965. The number of rotatable bonds is 1. The van der Waals surface area contributed by atoms with Crippen molar-refractivity contribution in [3.63, 3.8) is 0 Å². The zero-order valence-corrected chi connectivity index (χ0v) is 6.32. The maximum absolute atomic E-state index is 3.45. The lowest BCUT2D eigenvalue weighted by Gasteiger charge is -2.09. The van der Waals surface area contributed by atoms with Gasteiger partial charge in [-0.15, -0.1) is 0 Å². The first kappa shape index (κ1) is 7.07. The van der Waals surface area contributed by atoms with Crippen molar-refractivity contribution in [1.82, 2.24) is 5.32 Å². The molecule has 0 spiro atoms. The molecule has 1 fully saturated rings. The molecule has 9 heavy (non-hydrogen) atoms. The topological polar surface area (TPSA) is 12.0 Å². The molecule has 54 valence electrons. The maximum atomic E-state index is 3.45. The molecular weight excluding hydrogens is 110 g/mol. The Balaban J connectivity index is 2.18. The van der Waals surface area contributed by atoms with Crippen LogP contribution in [0, 0.1) is 5.92 Å². The lowest BCUT2D eigenvalue weighted by atomic mass is 10.0. The summed E-state index contributed by atoms with van der Waals surface area (Å²) in [5.74, 6) is 0.965. The molecule has 1 atom stereocenters. The van der Waals surface area contributed by atoms with Crippen LogP contribution in [0.1, 0.15) is 32.6 Å². The Labute approximate surface area is 57.8 Å². The summed E-state index contributed by atoms with van der Waals surface area (Å²) in [5.41, 5.74) is 0. The third kappa shape index (κ3) is 2.35. The molecule has 0 aromatic rings. The summed E-state index contributed by atoms with van der Waals surface area (Å²) >= 11 is 0. The zero-order chi connectivity index (χ0) is 6.53. The van der Waals surface area contributed by atoms with Crippen LogP contribution in [-0.2, 0) is 0 Å². The smallest absolute Gasteiger partial charge is 0.00206 e. The molecule has 1 heteroatoms. The predicted octanol–water partition coefficient (Wildman–Crippen LogP) is 1.79. The van der Waals surface area contributed by atoms with Gasteiger partial charge < -0.3 is 5.32 Å². The standard InChI is InChI=1S/C8H17N/c1-2-8-5-3-4-6-9-7-8/h8-9H,2-7H2,1H3/t8-/m1/s1. The fraction of sp³-hybridized carbons (Fsp3) is 1.00. The molecule has 0 radical (unpaired) electrons. The molecule has 0 saturated carbocycles. The van der Waals surface area contributed by atoms with E-state index in [1.54, 1.807) is 0 Å². The van der Waals surface area contributed by atoms with E-state index in [0.717, 1.165) is 5.92 Å². The Hall–Kier alpha value is -0.0400. The SMILES string of the molecule is CC[C@@H]1CCCCNC1. The van der Waals surface area contributed by atoms with E-state index in [9.17, 15) is 0 Å². The van der Waals surface area contributed by atoms with Crippen LogP contribution < -0.4 is 5.32 Å². The van der Waals surface area contributed by atoms with E-state index >= 15 is 0 Å². The van der Waals surface area contributed by atoms with Gasteiger partial charge in [0.05, 0.1) is 0 Å². The molecule has 0 aromatic heterocycles. The molecule has 0 amide bonds. The lowest BCUT2D eigenvalue weighted by Crippen LogP contribution is -2.19.